The molecule has 0 aromatic heterocycles. The molecule has 1 fully saturated rings. The first kappa shape index (κ1) is 15.6. The Hall–Kier alpha value is -1.75. The first-order chi connectivity index (χ1) is 9.85. The minimum Gasteiger partial charge on any atom is -0.491 e. The van der Waals surface area contributed by atoms with Crippen molar-refractivity contribution < 1.29 is 14.3 Å². The first-order valence-corrected chi connectivity index (χ1v) is 7.28. The van der Waals surface area contributed by atoms with E-state index in [-0.39, 0.29) is 18.2 Å². The van der Waals surface area contributed by atoms with E-state index in [0.717, 1.165) is 12.2 Å². The molecule has 0 spiro atoms. The van der Waals surface area contributed by atoms with Crippen LogP contribution in [0.1, 0.15) is 27.2 Å². The predicted molar refractivity (Wildman–Crippen MR) is 81.3 cm³/mol. The Balaban J connectivity index is 1.95. The normalized spacial score (nSPS) is 22.2. The van der Waals surface area contributed by atoms with Gasteiger partial charge in [-0.2, -0.15) is 0 Å². The lowest BCUT2D eigenvalue weighted by atomic mass is 10.2. The van der Waals surface area contributed by atoms with E-state index in [9.17, 15) is 4.79 Å². The van der Waals surface area contributed by atoms with Crippen LogP contribution in [0.25, 0.3) is 0 Å². The van der Waals surface area contributed by atoms with Crippen molar-refractivity contribution in [2.24, 2.45) is 5.73 Å². The zero-order valence-corrected chi connectivity index (χ0v) is 12.9. The molecule has 1 saturated heterocycles. The van der Waals surface area contributed by atoms with Crippen molar-refractivity contribution in [3.8, 4) is 5.75 Å². The molecule has 116 valence electrons. The van der Waals surface area contributed by atoms with E-state index in [1.165, 1.54) is 0 Å². The second-order valence-corrected chi connectivity index (χ2v) is 6.41. The van der Waals surface area contributed by atoms with E-state index in [1.54, 1.807) is 4.90 Å². The summed E-state index contributed by atoms with van der Waals surface area (Å²) in [4.78, 5) is 13.9. The predicted octanol–water partition coefficient (Wildman–Crippen LogP) is 2.40. The van der Waals surface area contributed by atoms with Crippen molar-refractivity contribution >= 4 is 6.09 Å². The fourth-order valence-corrected chi connectivity index (χ4v) is 2.36. The van der Waals surface area contributed by atoms with Gasteiger partial charge in [0.05, 0.1) is 6.04 Å². The Morgan fingerprint density at radius 2 is 2.00 bits per heavy atom. The molecule has 0 aliphatic carbocycles. The van der Waals surface area contributed by atoms with Crippen LogP contribution in [0.4, 0.5) is 4.79 Å². The molecule has 5 nitrogen and oxygen atoms in total. The number of benzene rings is 1. The summed E-state index contributed by atoms with van der Waals surface area (Å²) in [5, 5.41) is 0. The second-order valence-electron chi connectivity index (χ2n) is 6.41. The minimum atomic E-state index is -0.505. The van der Waals surface area contributed by atoms with Gasteiger partial charge in [0.1, 0.15) is 18.0 Å². The molecule has 2 rings (SSSR count). The summed E-state index contributed by atoms with van der Waals surface area (Å²) in [5.74, 6) is 0.794. The lowest BCUT2D eigenvalue weighted by Crippen LogP contribution is -2.42. The molecule has 1 aromatic rings. The van der Waals surface area contributed by atoms with Crippen molar-refractivity contribution in [1.82, 2.24) is 4.90 Å². The largest absolute Gasteiger partial charge is 0.491 e. The highest BCUT2D eigenvalue weighted by Gasteiger charge is 2.36. The fourth-order valence-electron chi connectivity index (χ4n) is 2.36. The minimum absolute atomic E-state index is 0.0260. The van der Waals surface area contributed by atoms with E-state index in [4.69, 9.17) is 15.2 Å². The third-order valence-electron chi connectivity index (χ3n) is 3.26. The number of para-hydroxylation sites is 1. The van der Waals surface area contributed by atoms with Gasteiger partial charge in [0, 0.05) is 12.6 Å². The van der Waals surface area contributed by atoms with Crippen molar-refractivity contribution in [3.05, 3.63) is 30.3 Å². The highest BCUT2D eigenvalue weighted by atomic mass is 16.6. The Labute approximate surface area is 126 Å². The van der Waals surface area contributed by atoms with Gasteiger partial charge in [-0.15, -0.1) is 0 Å². The zero-order chi connectivity index (χ0) is 15.5. The number of hydrogen-bond acceptors (Lipinski definition) is 4. The van der Waals surface area contributed by atoms with Gasteiger partial charge < -0.3 is 20.1 Å². The van der Waals surface area contributed by atoms with Crippen molar-refractivity contribution in [3.63, 3.8) is 0 Å². The molecule has 2 N–H and O–H groups in total. The monoisotopic (exact) mass is 292 g/mol. The SMILES string of the molecule is CC(C)(C)OC(=O)N1C[C@H](N)C[C@H]1COc1ccccc1. The lowest BCUT2D eigenvalue weighted by molar-refractivity contribution is 0.0186. The molecule has 1 amide bonds. The fraction of sp³-hybridized carbons (Fsp3) is 0.562. The summed E-state index contributed by atoms with van der Waals surface area (Å²) in [6, 6.07) is 9.49. The van der Waals surface area contributed by atoms with Crippen molar-refractivity contribution in [1.29, 1.82) is 0 Å². The highest BCUT2D eigenvalue weighted by molar-refractivity contribution is 5.69. The van der Waals surface area contributed by atoms with Gasteiger partial charge in [-0.05, 0) is 39.3 Å². The maximum atomic E-state index is 12.2. The van der Waals surface area contributed by atoms with E-state index < -0.39 is 5.60 Å². The average molecular weight is 292 g/mol. The van der Waals surface area contributed by atoms with E-state index in [0.29, 0.717) is 13.2 Å². The van der Waals surface area contributed by atoms with E-state index in [2.05, 4.69) is 0 Å². The highest BCUT2D eigenvalue weighted by Crippen LogP contribution is 2.21. The van der Waals surface area contributed by atoms with Gasteiger partial charge in [0.2, 0.25) is 0 Å². The molecular weight excluding hydrogens is 268 g/mol. The molecule has 2 atom stereocenters. The molecule has 1 heterocycles. The Morgan fingerprint density at radius 1 is 1.33 bits per heavy atom. The summed E-state index contributed by atoms with van der Waals surface area (Å²) in [7, 11) is 0. The number of nitrogens with zero attached hydrogens (tertiary/aromatic N) is 1. The van der Waals surface area contributed by atoms with E-state index >= 15 is 0 Å². The van der Waals surface area contributed by atoms with Crippen LogP contribution in [0.2, 0.25) is 0 Å². The number of rotatable bonds is 3. The van der Waals surface area contributed by atoms with Crippen LogP contribution in [-0.4, -0.2) is 41.8 Å². The molecule has 0 radical (unpaired) electrons. The third kappa shape index (κ3) is 4.63. The van der Waals surface area contributed by atoms with Crippen molar-refractivity contribution in [2.75, 3.05) is 13.2 Å². The first-order valence-electron chi connectivity index (χ1n) is 7.28. The number of nitrogens with two attached hydrogens (primary N) is 1. The topological polar surface area (TPSA) is 64.8 Å². The number of likely N-dealkylation sites (tertiary alicyclic amines) is 1. The maximum Gasteiger partial charge on any atom is 0.410 e. The molecule has 1 aliphatic rings. The summed E-state index contributed by atoms with van der Waals surface area (Å²) in [6.07, 6.45) is 0.406. The van der Waals surface area contributed by atoms with Gasteiger partial charge in [-0.1, -0.05) is 18.2 Å². The third-order valence-corrected chi connectivity index (χ3v) is 3.26. The molecular formula is C16H24N2O3. The summed E-state index contributed by atoms with van der Waals surface area (Å²) in [6.45, 7) is 6.51. The average Bonchev–Trinajstić information content (AvgIpc) is 2.77. The number of carbonyl (C=O) groups is 1. The molecule has 21 heavy (non-hydrogen) atoms. The van der Waals surface area contributed by atoms with Gasteiger partial charge in [-0.3, -0.25) is 0 Å². The molecule has 1 aromatic carbocycles. The number of ether oxygens (including phenoxy) is 2. The molecule has 0 bridgehead atoms. The summed E-state index contributed by atoms with van der Waals surface area (Å²) < 4.78 is 11.2. The Morgan fingerprint density at radius 3 is 2.62 bits per heavy atom. The maximum absolute atomic E-state index is 12.2. The standard InChI is InChI=1S/C16H24N2O3/c1-16(2,3)21-15(19)18-10-12(17)9-13(18)11-20-14-7-5-4-6-8-14/h4-8,12-13H,9-11,17H2,1-3H3/t12-,13+/m1/s1. The van der Waals surface area contributed by atoms with Crippen LogP contribution < -0.4 is 10.5 Å². The Kier molecular flexibility index (Phi) is 4.73. The van der Waals surface area contributed by atoms with E-state index in [1.807, 2.05) is 51.1 Å². The van der Waals surface area contributed by atoms with Gasteiger partial charge >= 0.3 is 6.09 Å². The zero-order valence-electron chi connectivity index (χ0n) is 12.9. The van der Waals surface area contributed by atoms with Crippen molar-refractivity contribution in [2.45, 2.75) is 44.9 Å². The smallest absolute Gasteiger partial charge is 0.410 e. The molecule has 0 unspecified atom stereocenters. The molecule has 0 saturated carbocycles. The summed E-state index contributed by atoms with van der Waals surface area (Å²) >= 11 is 0. The second kappa shape index (κ2) is 6.35. The van der Waals surface area contributed by atoms with Crippen LogP contribution in [-0.2, 0) is 4.74 Å². The molecule has 5 heteroatoms. The van der Waals surface area contributed by atoms with Crippen LogP contribution in [0.15, 0.2) is 30.3 Å². The number of carbonyl (C=O) groups excluding carboxylic acids is 1. The lowest BCUT2D eigenvalue weighted by Gasteiger charge is -2.28. The quantitative estimate of drug-likeness (QED) is 0.929. The van der Waals surface area contributed by atoms with Crippen LogP contribution in [0.5, 0.6) is 5.75 Å². The Bertz CT molecular complexity index is 470. The van der Waals surface area contributed by atoms with Gasteiger partial charge in [0.25, 0.3) is 0 Å². The summed E-state index contributed by atoms with van der Waals surface area (Å²) in [5.41, 5.74) is 5.48. The number of hydrogen-bond donors (Lipinski definition) is 1. The van der Waals surface area contributed by atoms with Gasteiger partial charge in [-0.25, -0.2) is 4.79 Å². The van der Waals surface area contributed by atoms with Crippen LogP contribution in [0.3, 0.4) is 0 Å². The van der Waals surface area contributed by atoms with Crippen LogP contribution in [0, 0.1) is 0 Å². The van der Waals surface area contributed by atoms with Crippen LogP contribution >= 0.6 is 0 Å². The van der Waals surface area contributed by atoms with Gasteiger partial charge in [0.15, 0.2) is 0 Å². The molecule has 1 aliphatic heterocycles. The number of amides is 1.